The second-order valence-electron chi connectivity index (χ2n) is 7.56. The number of aliphatic carboxylic acids is 1. The summed E-state index contributed by atoms with van der Waals surface area (Å²) in [5, 5.41) is 9.78. The van der Waals surface area contributed by atoms with Crippen molar-refractivity contribution in [2.24, 2.45) is 0 Å². The van der Waals surface area contributed by atoms with Gasteiger partial charge < -0.3 is 9.84 Å². The van der Waals surface area contributed by atoms with Crippen molar-refractivity contribution in [3.8, 4) is 5.75 Å². The minimum atomic E-state index is -0.705. The first-order chi connectivity index (χ1) is 13.7. The van der Waals surface area contributed by atoms with Gasteiger partial charge in [0.05, 0.1) is 0 Å². The van der Waals surface area contributed by atoms with E-state index in [-0.39, 0.29) is 6.04 Å². The highest BCUT2D eigenvalue weighted by Crippen LogP contribution is 2.37. The molecule has 0 amide bonds. The number of benzene rings is 2. The molecule has 0 bridgehead atoms. The van der Waals surface area contributed by atoms with Crippen LogP contribution < -0.4 is 4.74 Å². The maximum Gasteiger partial charge on any atom is 0.320 e. The van der Waals surface area contributed by atoms with Gasteiger partial charge in [-0.1, -0.05) is 74.7 Å². The summed E-state index contributed by atoms with van der Waals surface area (Å²) < 4.78 is 6.20. The first-order valence-electron chi connectivity index (χ1n) is 10.4. The Labute approximate surface area is 168 Å². The van der Waals surface area contributed by atoms with Gasteiger partial charge in [0.25, 0.3) is 0 Å². The molecule has 150 valence electrons. The van der Waals surface area contributed by atoms with Gasteiger partial charge >= 0.3 is 5.97 Å². The molecule has 2 aromatic carbocycles. The lowest BCUT2D eigenvalue weighted by atomic mass is 9.92. The molecule has 0 aromatic heterocycles. The molecule has 1 N–H and O–H groups in total. The van der Waals surface area contributed by atoms with E-state index in [0.29, 0.717) is 6.61 Å². The number of carboxylic acids is 1. The van der Waals surface area contributed by atoms with Gasteiger partial charge in [-0.15, -0.1) is 0 Å². The standard InChI is InChI=1S/C24H31NO3/c1-2-3-14-21(25-17-10-9-15-22(25)24(26)27)20-13-7-8-16-23(20)28-18-19-11-5-4-6-12-19/h4-8,11-13,16,21-22H,2-3,9-10,14-15,17-18H2,1H3,(H,26,27). The summed E-state index contributed by atoms with van der Waals surface area (Å²) in [4.78, 5) is 14.1. The van der Waals surface area contributed by atoms with Crippen LogP contribution >= 0.6 is 0 Å². The van der Waals surface area contributed by atoms with Crippen molar-refractivity contribution in [2.45, 2.75) is 64.1 Å². The lowest BCUT2D eigenvalue weighted by Crippen LogP contribution is -2.46. The van der Waals surface area contributed by atoms with Gasteiger partial charge in [0.1, 0.15) is 18.4 Å². The molecule has 4 nitrogen and oxygen atoms in total. The van der Waals surface area contributed by atoms with E-state index in [0.717, 1.165) is 61.9 Å². The van der Waals surface area contributed by atoms with Gasteiger partial charge in [-0.25, -0.2) is 0 Å². The van der Waals surface area contributed by atoms with Crippen molar-refractivity contribution in [3.63, 3.8) is 0 Å². The Morgan fingerprint density at radius 3 is 2.64 bits per heavy atom. The average molecular weight is 382 g/mol. The number of rotatable bonds is 9. The van der Waals surface area contributed by atoms with Crippen molar-refractivity contribution in [1.82, 2.24) is 4.90 Å². The Bertz CT molecular complexity index is 747. The molecule has 0 aliphatic carbocycles. The number of unbranched alkanes of at least 4 members (excludes halogenated alkanes) is 1. The van der Waals surface area contributed by atoms with Crippen LogP contribution in [0.25, 0.3) is 0 Å². The van der Waals surface area contributed by atoms with Gasteiger partial charge in [0.2, 0.25) is 0 Å². The first kappa shape index (κ1) is 20.4. The molecule has 1 aliphatic heterocycles. The number of nitrogens with zero attached hydrogens (tertiary/aromatic N) is 1. The summed E-state index contributed by atoms with van der Waals surface area (Å²) in [6.45, 7) is 3.53. The SMILES string of the molecule is CCCCC(c1ccccc1OCc1ccccc1)N1CCCCC1C(=O)O. The molecule has 0 saturated carbocycles. The third kappa shape index (κ3) is 5.14. The molecule has 2 unspecified atom stereocenters. The molecule has 1 saturated heterocycles. The van der Waals surface area contributed by atoms with Crippen LogP contribution in [0.3, 0.4) is 0 Å². The van der Waals surface area contributed by atoms with E-state index in [2.05, 4.69) is 30.0 Å². The molecule has 28 heavy (non-hydrogen) atoms. The number of ether oxygens (including phenoxy) is 1. The number of likely N-dealkylation sites (tertiary alicyclic amines) is 1. The molecule has 3 rings (SSSR count). The second-order valence-corrected chi connectivity index (χ2v) is 7.56. The molecule has 4 heteroatoms. The molecule has 2 aromatic rings. The second kappa shape index (κ2) is 10.3. The number of piperidine rings is 1. The van der Waals surface area contributed by atoms with E-state index in [4.69, 9.17) is 4.74 Å². The van der Waals surface area contributed by atoms with Gasteiger partial charge in [0.15, 0.2) is 0 Å². The zero-order chi connectivity index (χ0) is 19.8. The third-order valence-electron chi connectivity index (χ3n) is 5.58. The predicted molar refractivity (Wildman–Crippen MR) is 111 cm³/mol. The van der Waals surface area contributed by atoms with Crippen molar-refractivity contribution in [2.75, 3.05) is 6.54 Å². The third-order valence-corrected chi connectivity index (χ3v) is 5.58. The van der Waals surface area contributed by atoms with Gasteiger partial charge in [-0.3, -0.25) is 9.69 Å². The fraction of sp³-hybridized carbons (Fsp3) is 0.458. The monoisotopic (exact) mass is 381 g/mol. The van der Waals surface area contributed by atoms with Crippen LogP contribution in [0, 0.1) is 0 Å². The highest BCUT2D eigenvalue weighted by molar-refractivity contribution is 5.73. The molecule has 1 heterocycles. The van der Waals surface area contributed by atoms with Crippen molar-refractivity contribution in [3.05, 3.63) is 65.7 Å². The molecule has 2 atom stereocenters. The summed E-state index contributed by atoms with van der Waals surface area (Å²) in [5.41, 5.74) is 2.24. The van der Waals surface area contributed by atoms with Crippen molar-refractivity contribution < 1.29 is 14.6 Å². The Morgan fingerprint density at radius 1 is 1.14 bits per heavy atom. The van der Waals surface area contributed by atoms with Crippen molar-refractivity contribution >= 4 is 5.97 Å². The highest BCUT2D eigenvalue weighted by Gasteiger charge is 2.34. The lowest BCUT2D eigenvalue weighted by Gasteiger charge is -2.40. The van der Waals surface area contributed by atoms with Crippen LogP contribution in [0.4, 0.5) is 0 Å². The topological polar surface area (TPSA) is 49.8 Å². The molecule has 0 radical (unpaired) electrons. The smallest absolute Gasteiger partial charge is 0.320 e. The van der Waals surface area contributed by atoms with Crippen LogP contribution in [0.5, 0.6) is 5.75 Å². The Kier molecular flexibility index (Phi) is 7.49. The number of carbonyl (C=O) groups is 1. The summed E-state index contributed by atoms with van der Waals surface area (Å²) in [5.74, 6) is 0.158. The molecule has 0 spiro atoms. The van der Waals surface area contributed by atoms with Gasteiger partial charge in [-0.2, -0.15) is 0 Å². The average Bonchev–Trinajstić information content (AvgIpc) is 2.74. The molecular formula is C24H31NO3. The first-order valence-corrected chi connectivity index (χ1v) is 10.4. The van der Waals surface area contributed by atoms with Gasteiger partial charge in [0, 0.05) is 11.6 Å². The molecular weight excluding hydrogens is 350 g/mol. The van der Waals surface area contributed by atoms with E-state index in [1.807, 2.05) is 36.4 Å². The summed E-state index contributed by atoms with van der Waals surface area (Å²) in [7, 11) is 0. The maximum atomic E-state index is 11.9. The highest BCUT2D eigenvalue weighted by atomic mass is 16.5. The van der Waals surface area contributed by atoms with Crippen LogP contribution in [0.1, 0.15) is 62.6 Å². The Balaban J connectivity index is 1.86. The van der Waals surface area contributed by atoms with E-state index in [9.17, 15) is 9.90 Å². The van der Waals surface area contributed by atoms with E-state index < -0.39 is 12.0 Å². The van der Waals surface area contributed by atoms with Crippen LogP contribution in [0.2, 0.25) is 0 Å². The van der Waals surface area contributed by atoms with Crippen molar-refractivity contribution in [1.29, 1.82) is 0 Å². The number of para-hydroxylation sites is 1. The van der Waals surface area contributed by atoms with E-state index >= 15 is 0 Å². The zero-order valence-corrected chi connectivity index (χ0v) is 16.7. The van der Waals surface area contributed by atoms with Crippen LogP contribution in [-0.4, -0.2) is 28.6 Å². The lowest BCUT2D eigenvalue weighted by molar-refractivity contribution is -0.146. The fourth-order valence-electron chi connectivity index (χ4n) is 4.11. The number of carboxylic acid groups (broad SMARTS) is 1. The maximum absolute atomic E-state index is 11.9. The Hall–Kier alpha value is -2.33. The number of hydrogen-bond donors (Lipinski definition) is 1. The summed E-state index contributed by atoms with van der Waals surface area (Å²) >= 11 is 0. The summed E-state index contributed by atoms with van der Waals surface area (Å²) in [6.07, 6.45) is 5.88. The quantitative estimate of drug-likeness (QED) is 0.629. The van der Waals surface area contributed by atoms with E-state index in [1.54, 1.807) is 0 Å². The normalized spacial score (nSPS) is 18.5. The minimum Gasteiger partial charge on any atom is -0.489 e. The predicted octanol–water partition coefficient (Wildman–Crippen LogP) is 5.44. The zero-order valence-electron chi connectivity index (χ0n) is 16.7. The largest absolute Gasteiger partial charge is 0.489 e. The minimum absolute atomic E-state index is 0.0772. The van der Waals surface area contributed by atoms with Crippen LogP contribution in [0.15, 0.2) is 54.6 Å². The Morgan fingerprint density at radius 2 is 1.89 bits per heavy atom. The van der Waals surface area contributed by atoms with Crippen LogP contribution in [-0.2, 0) is 11.4 Å². The van der Waals surface area contributed by atoms with E-state index in [1.165, 1.54) is 0 Å². The van der Waals surface area contributed by atoms with Gasteiger partial charge in [-0.05, 0) is 37.4 Å². The molecule has 1 aliphatic rings. The summed E-state index contributed by atoms with van der Waals surface area (Å²) in [6, 6.07) is 18.0. The fourth-order valence-corrected chi connectivity index (χ4v) is 4.11. The molecule has 1 fully saturated rings. The number of hydrogen-bond acceptors (Lipinski definition) is 3.